The van der Waals surface area contributed by atoms with E-state index in [-0.39, 0.29) is 19.4 Å². The van der Waals surface area contributed by atoms with E-state index in [2.05, 4.69) is 6.58 Å². The van der Waals surface area contributed by atoms with Gasteiger partial charge in [0.05, 0.1) is 30.8 Å². The molecule has 0 spiro atoms. The van der Waals surface area contributed by atoms with Crippen LogP contribution in [0.25, 0.3) is 0 Å². The van der Waals surface area contributed by atoms with Crippen LogP contribution in [0.4, 0.5) is 0 Å². The second kappa shape index (κ2) is 9.62. The first-order valence-corrected chi connectivity index (χ1v) is 10.6. The van der Waals surface area contributed by atoms with Gasteiger partial charge >= 0.3 is 11.9 Å². The van der Waals surface area contributed by atoms with E-state index in [0.717, 1.165) is 0 Å². The van der Waals surface area contributed by atoms with Crippen molar-refractivity contribution in [3.8, 4) is 0 Å². The van der Waals surface area contributed by atoms with Crippen LogP contribution in [0.1, 0.15) is 59.3 Å². The first-order valence-electron chi connectivity index (χ1n) is 10.6. The van der Waals surface area contributed by atoms with Crippen LogP contribution in [0.3, 0.4) is 0 Å². The van der Waals surface area contributed by atoms with Crippen LogP contribution in [0.2, 0.25) is 0 Å². The van der Waals surface area contributed by atoms with Crippen LogP contribution in [0.15, 0.2) is 23.8 Å². The summed E-state index contributed by atoms with van der Waals surface area (Å²) in [5.41, 5.74) is -0.573. The highest BCUT2D eigenvalue weighted by Crippen LogP contribution is 2.54. The lowest BCUT2D eigenvalue weighted by Crippen LogP contribution is -2.53. The predicted molar refractivity (Wildman–Crippen MR) is 111 cm³/mol. The molecule has 170 valence electrons. The van der Waals surface area contributed by atoms with Crippen LogP contribution in [-0.4, -0.2) is 58.8 Å². The molecule has 30 heavy (non-hydrogen) atoms. The van der Waals surface area contributed by atoms with Gasteiger partial charge in [0.2, 0.25) is 0 Å². The molecule has 0 aromatic carbocycles. The molecule has 0 unspecified atom stereocenters. The number of hydrogen-bond donors (Lipinski definition) is 3. The quantitative estimate of drug-likeness (QED) is 0.424. The van der Waals surface area contributed by atoms with E-state index >= 15 is 0 Å². The van der Waals surface area contributed by atoms with Crippen molar-refractivity contribution in [1.29, 1.82) is 0 Å². The van der Waals surface area contributed by atoms with E-state index in [1.807, 2.05) is 6.92 Å². The number of carbonyl (C=O) groups excluding carboxylic acids is 2. The third kappa shape index (κ3) is 5.31. The van der Waals surface area contributed by atoms with E-state index in [1.165, 1.54) is 14.0 Å². The summed E-state index contributed by atoms with van der Waals surface area (Å²) < 4.78 is 10.3. The van der Waals surface area contributed by atoms with E-state index in [1.54, 1.807) is 13.0 Å². The number of aliphatic hydroxyl groups is 3. The molecule has 3 N–H and O–H groups in total. The Kier molecular flexibility index (Phi) is 7.88. The lowest BCUT2D eigenvalue weighted by molar-refractivity contribution is -0.170. The van der Waals surface area contributed by atoms with Crippen molar-refractivity contribution in [3.05, 3.63) is 23.8 Å². The number of hydrogen-bond acceptors (Lipinski definition) is 7. The molecule has 2 fully saturated rings. The van der Waals surface area contributed by atoms with Crippen LogP contribution in [0, 0.1) is 17.3 Å². The van der Waals surface area contributed by atoms with Crippen LogP contribution >= 0.6 is 0 Å². The van der Waals surface area contributed by atoms with Gasteiger partial charge in [-0.05, 0) is 62.4 Å². The maximum atomic E-state index is 12.9. The Morgan fingerprint density at radius 2 is 1.93 bits per heavy atom. The van der Waals surface area contributed by atoms with Crippen molar-refractivity contribution >= 4 is 11.9 Å². The molecule has 0 heterocycles. The van der Waals surface area contributed by atoms with Gasteiger partial charge in [-0.25, -0.2) is 0 Å². The Labute approximate surface area is 178 Å². The SMILES string of the molecule is C=C(C)[C@H](O)C/C=C(/COC(C)=O)[C@H]1CC[C@@]2(C)C[C@](O)(CC[C@@H]2O)[C@@H]1C(=O)OC. The highest BCUT2D eigenvalue weighted by Gasteiger charge is 2.57. The monoisotopic (exact) mass is 424 g/mol. The van der Waals surface area contributed by atoms with Crippen molar-refractivity contribution in [2.24, 2.45) is 17.3 Å². The normalized spacial score (nSPS) is 35.2. The lowest BCUT2D eigenvalue weighted by Gasteiger charge is -2.47. The average Bonchev–Trinajstić information content (AvgIpc) is 2.77. The third-order valence-electron chi connectivity index (χ3n) is 6.92. The number of fused-ring (bicyclic) bond motifs is 2. The van der Waals surface area contributed by atoms with Crippen molar-refractivity contribution < 1.29 is 34.4 Å². The zero-order chi connectivity index (χ0) is 22.7. The molecular formula is C23H36O7. The minimum Gasteiger partial charge on any atom is -0.469 e. The molecule has 2 rings (SSSR count). The van der Waals surface area contributed by atoms with Crippen LogP contribution < -0.4 is 0 Å². The highest BCUT2D eigenvalue weighted by atomic mass is 16.5. The van der Waals surface area contributed by atoms with E-state index in [9.17, 15) is 24.9 Å². The molecule has 7 nitrogen and oxygen atoms in total. The largest absolute Gasteiger partial charge is 0.469 e. The van der Waals surface area contributed by atoms with Gasteiger partial charge in [-0.2, -0.15) is 0 Å². The Bertz CT molecular complexity index is 700. The maximum Gasteiger partial charge on any atom is 0.312 e. The zero-order valence-corrected chi connectivity index (χ0v) is 18.5. The summed E-state index contributed by atoms with van der Waals surface area (Å²) in [5, 5.41) is 32.3. The predicted octanol–water partition coefficient (Wildman–Crippen LogP) is 2.28. The van der Waals surface area contributed by atoms with E-state index in [0.29, 0.717) is 36.8 Å². The second-order valence-electron chi connectivity index (χ2n) is 9.29. The highest BCUT2D eigenvalue weighted by molar-refractivity contribution is 5.75. The first-order chi connectivity index (χ1) is 13.9. The van der Waals surface area contributed by atoms with Gasteiger partial charge in [-0.1, -0.05) is 25.2 Å². The minimum absolute atomic E-state index is 0.0360. The molecular weight excluding hydrogens is 388 g/mol. The van der Waals surface area contributed by atoms with Gasteiger partial charge in [0.1, 0.15) is 6.61 Å². The number of aliphatic hydroxyl groups excluding tert-OH is 2. The standard InChI is InChI=1S/C23H36O7/c1-14(2)18(25)7-6-16(12-30-15(3)24)17-8-10-22(4)13-23(28,11-9-19(22)26)20(17)21(27)29-5/h6,17-20,25-26,28H,1,7-13H2,2-5H3/b16-6-/t17-,18-,19+,20+,22+,23-/m1/s1. The van der Waals surface area contributed by atoms with Gasteiger partial charge in [-0.3, -0.25) is 9.59 Å². The summed E-state index contributed by atoms with van der Waals surface area (Å²) in [6.07, 6.45) is 2.84. The lowest BCUT2D eigenvalue weighted by atomic mass is 9.63. The summed E-state index contributed by atoms with van der Waals surface area (Å²) in [7, 11) is 1.30. The first kappa shape index (κ1) is 24.6. The molecule has 6 atom stereocenters. The van der Waals surface area contributed by atoms with Crippen molar-refractivity contribution in [3.63, 3.8) is 0 Å². The van der Waals surface area contributed by atoms with Gasteiger partial charge < -0.3 is 24.8 Å². The smallest absolute Gasteiger partial charge is 0.312 e. The molecule has 0 radical (unpaired) electrons. The van der Waals surface area contributed by atoms with E-state index < -0.39 is 47.0 Å². The van der Waals surface area contributed by atoms with Crippen molar-refractivity contribution in [2.45, 2.75) is 77.1 Å². The fourth-order valence-electron chi connectivity index (χ4n) is 5.06. The number of rotatable bonds is 7. The van der Waals surface area contributed by atoms with E-state index in [4.69, 9.17) is 9.47 Å². The number of carbonyl (C=O) groups is 2. The second-order valence-corrected chi connectivity index (χ2v) is 9.29. The molecule has 2 bridgehead atoms. The summed E-state index contributed by atoms with van der Waals surface area (Å²) in [6.45, 7) is 8.70. The fraction of sp³-hybridized carbons (Fsp3) is 0.739. The zero-order valence-electron chi connectivity index (χ0n) is 18.5. The van der Waals surface area contributed by atoms with Crippen molar-refractivity contribution in [2.75, 3.05) is 13.7 Å². The summed E-state index contributed by atoms with van der Waals surface area (Å²) in [6, 6.07) is 0. The summed E-state index contributed by atoms with van der Waals surface area (Å²) in [4.78, 5) is 24.3. The molecule has 0 amide bonds. The average molecular weight is 425 g/mol. The molecule has 2 aliphatic carbocycles. The minimum atomic E-state index is -1.33. The summed E-state index contributed by atoms with van der Waals surface area (Å²) >= 11 is 0. The summed E-state index contributed by atoms with van der Waals surface area (Å²) in [5.74, 6) is -2.26. The number of methoxy groups -OCH3 is 1. The Balaban J connectivity index is 2.48. The molecule has 0 aromatic rings. The molecule has 7 heteroatoms. The third-order valence-corrected chi connectivity index (χ3v) is 6.92. The Morgan fingerprint density at radius 3 is 2.50 bits per heavy atom. The fourth-order valence-corrected chi connectivity index (χ4v) is 5.06. The molecule has 0 saturated heterocycles. The van der Waals surface area contributed by atoms with Gasteiger partial charge in [0.15, 0.2) is 0 Å². The number of esters is 2. The van der Waals surface area contributed by atoms with Gasteiger partial charge in [0, 0.05) is 6.92 Å². The Hall–Kier alpha value is -1.70. The maximum absolute atomic E-state index is 12.9. The molecule has 2 aliphatic rings. The molecule has 0 aromatic heterocycles. The van der Waals surface area contributed by atoms with Crippen molar-refractivity contribution in [1.82, 2.24) is 0 Å². The van der Waals surface area contributed by atoms with Crippen LogP contribution in [-0.2, 0) is 19.1 Å². The number of ether oxygens (including phenoxy) is 2. The van der Waals surface area contributed by atoms with Gasteiger partial charge in [-0.15, -0.1) is 0 Å². The Morgan fingerprint density at radius 1 is 1.27 bits per heavy atom. The topological polar surface area (TPSA) is 113 Å². The van der Waals surface area contributed by atoms with Crippen LogP contribution in [0.5, 0.6) is 0 Å². The van der Waals surface area contributed by atoms with Gasteiger partial charge in [0.25, 0.3) is 0 Å². The molecule has 2 saturated carbocycles. The molecule has 0 aliphatic heterocycles.